The highest BCUT2D eigenvalue weighted by molar-refractivity contribution is 5.84. The van der Waals surface area contributed by atoms with Crippen LogP contribution in [0.4, 0.5) is 22.4 Å². The van der Waals surface area contributed by atoms with Gasteiger partial charge in [0.1, 0.15) is 17.5 Å². The van der Waals surface area contributed by atoms with Crippen LogP contribution >= 0.6 is 0 Å². The number of carbonyl (C=O) groups is 2. The lowest BCUT2D eigenvalue weighted by atomic mass is 9.87. The molecule has 11 heteroatoms. The summed E-state index contributed by atoms with van der Waals surface area (Å²) in [5, 5.41) is 5.50. The smallest absolute Gasteiger partial charge is 0.419 e. The average molecular weight is 473 g/mol. The second-order valence-electron chi connectivity index (χ2n) is 10.2. The van der Waals surface area contributed by atoms with Crippen molar-refractivity contribution in [3.63, 3.8) is 0 Å². The first kappa shape index (κ1) is 24.9. The van der Waals surface area contributed by atoms with E-state index in [1.54, 1.807) is 20.8 Å². The zero-order valence-electron chi connectivity index (χ0n) is 19.0. The summed E-state index contributed by atoms with van der Waals surface area (Å²) in [6.07, 6.45) is -5.40. The van der Waals surface area contributed by atoms with Gasteiger partial charge in [-0.3, -0.25) is 4.79 Å². The summed E-state index contributed by atoms with van der Waals surface area (Å²) in [7, 11) is 0. The van der Waals surface area contributed by atoms with Crippen molar-refractivity contribution in [2.75, 3.05) is 13.1 Å². The van der Waals surface area contributed by atoms with Crippen molar-refractivity contribution in [2.24, 2.45) is 22.9 Å². The van der Waals surface area contributed by atoms with E-state index < -0.39 is 58.2 Å². The van der Waals surface area contributed by atoms with Crippen molar-refractivity contribution in [1.29, 1.82) is 0 Å². The molecule has 2 fully saturated rings. The Morgan fingerprint density at radius 2 is 1.70 bits per heavy atom. The van der Waals surface area contributed by atoms with Gasteiger partial charge in [0.2, 0.25) is 5.91 Å². The molecule has 0 bridgehead atoms. The van der Waals surface area contributed by atoms with Gasteiger partial charge < -0.3 is 15.0 Å². The van der Waals surface area contributed by atoms with Crippen molar-refractivity contribution >= 4 is 12.0 Å². The molecule has 7 nitrogen and oxygen atoms in total. The topological polar surface area (TPSA) is 88.1 Å². The fraction of sp³-hybridized carbons (Fsp3) is 0.636. The molecule has 1 saturated heterocycles. The van der Waals surface area contributed by atoms with Crippen molar-refractivity contribution in [3.05, 3.63) is 40.1 Å². The maximum absolute atomic E-state index is 14.6. The summed E-state index contributed by atoms with van der Waals surface area (Å²) in [5.41, 5.74) is -4.14. The third-order valence-electron chi connectivity index (χ3n) is 6.01. The number of fused-ring (bicyclic) bond motifs is 1. The molecule has 1 aromatic carbocycles. The Morgan fingerprint density at radius 1 is 1.12 bits per heavy atom. The number of ether oxygens (including phenoxy) is 1. The predicted octanol–water partition coefficient (Wildman–Crippen LogP) is 4.66. The van der Waals surface area contributed by atoms with Crippen molar-refractivity contribution in [1.82, 2.24) is 10.2 Å². The maximum Gasteiger partial charge on any atom is 0.419 e. The van der Waals surface area contributed by atoms with Crippen LogP contribution in [0.2, 0.25) is 0 Å². The first-order chi connectivity index (χ1) is 15.1. The Morgan fingerprint density at radius 3 is 2.18 bits per heavy atom. The first-order valence-corrected chi connectivity index (χ1v) is 10.5. The molecule has 1 saturated carbocycles. The summed E-state index contributed by atoms with van der Waals surface area (Å²) in [6.45, 7) is 8.76. The fourth-order valence-corrected chi connectivity index (χ4v) is 4.42. The number of nitrogens with one attached hydrogen (secondary N) is 1. The van der Waals surface area contributed by atoms with E-state index in [0.717, 1.165) is 12.1 Å². The lowest BCUT2D eigenvalue weighted by Gasteiger charge is -2.32. The van der Waals surface area contributed by atoms with Crippen LogP contribution in [-0.4, -0.2) is 41.1 Å². The van der Waals surface area contributed by atoms with Crippen LogP contribution < -0.4 is 5.32 Å². The second kappa shape index (κ2) is 8.25. The number of nitroso groups, excluding NO2 is 1. The van der Waals surface area contributed by atoms with E-state index in [9.17, 15) is 32.1 Å². The minimum absolute atomic E-state index is 0.0822. The minimum atomic E-state index is -4.94. The number of alkyl halides is 3. The SMILES string of the molecule is CC(C)(C)OC(=O)N1C[C@@H]2C(C(=O)NC(C)(C)C(N=O)c3cccc(C(F)(F)F)c3F)[C@@H]2C1. The largest absolute Gasteiger partial charge is 0.444 e. The molecule has 1 heterocycles. The standard InChI is InChI=1S/C22H27F4N3O4/c1-20(2,3)33-19(31)29-9-12-13(10-29)15(12)18(30)27-21(4,5)17(28-32)11-7-6-8-14(16(11)23)22(24,25)26/h6-8,12-13,15,17H,9-10H2,1-5H3,(H,27,30)/t12-,13+,15?,17?. The highest BCUT2D eigenvalue weighted by Gasteiger charge is 2.61. The zero-order chi connectivity index (χ0) is 24.9. The molecule has 2 unspecified atom stereocenters. The molecule has 2 aliphatic rings. The van der Waals surface area contributed by atoms with E-state index in [0.29, 0.717) is 19.2 Å². The minimum Gasteiger partial charge on any atom is -0.444 e. The summed E-state index contributed by atoms with van der Waals surface area (Å²) < 4.78 is 59.1. The Kier molecular flexibility index (Phi) is 6.23. The van der Waals surface area contributed by atoms with Crippen molar-refractivity contribution < 1.29 is 31.9 Å². The third-order valence-corrected chi connectivity index (χ3v) is 6.01. The van der Waals surface area contributed by atoms with E-state index in [-0.39, 0.29) is 11.8 Å². The first-order valence-electron chi connectivity index (χ1n) is 10.5. The molecule has 1 aliphatic carbocycles. The van der Waals surface area contributed by atoms with E-state index in [1.165, 1.54) is 18.7 Å². The van der Waals surface area contributed by atoms with Gasteiger partial charge >= 0.3 is 12.3 Å². The molecule has 4 atom stereocenters. The molecule has 182 valence electrons. The molecule has 1 aromatic rings. The van der Waals surface area contributed by atoms with Gasteiger partial charge in [-0.25, -0.2) is 9.18 Å². The van der Waals surface area contributed by atoms with Crippen LogP contribution in [0.3, 0.4) is 0 Å². The Balaban J connectivity index is 1.68. The molecule has 1 N–H and O–H groups in total. The highest BCUT2D eigenvalue weighted by atomic mass is 19.4. The number of nitrogens with zero attached hydrogens (tertiary/aromatic N) is 2. The Bertz CT molecular complexity index is 946. The van der Waals surface area contributed by atoms with E-state index in [2.05, 4.69) is 10.5 Å². The van der Waals surface area contributed by atoms with Gasteiger partial charge in [0.05, 0.1) is 11.1 Å². The zero-order valence-corrected chi connectivity index (χ0v) is 19.0. The van der Waals surface area contributed by atoms with E-state index >= 15 is 0 Å². The average Bonchev–Trinajstić information content (AvgIpc) is 3.15. The van der Waals surface area contributed by atoms with Crippen LogP contribution in [0.15, 0.2) is 23.4 Å². The highest BCUT2D eigenvalue weighted by Crippen LogP contribution is 2.52. The Hall–Kier alpha value is -2.72. The van der Waals surface area contributed by atoms with Gasteiger partial charge in [-0.1, -0.05) is 17.3 Å². The number of hydrogen-bond acceptors (Lipinski definition) is 5. The monoisotopic (exact) mass is 473 g/mol. The number of hydrogen-bond donors (Lipinski definition) is 1. The van der Waals surface area contributed by atoms with E-state index in [1.807, 2.05) is 0 Å². The number of piperidine rings is 1. The number of amides is 2. The normalized spacial score (nSPS) is 23.5. The number of benzene rings is 1. The third kappa shape index (κ3) is 5.11. The molecular weight excluding hydrogens is 446 g/mol. The number of carbonyl (C=O) groups excluding carboxylic acids is 2. The van der Waals surface area contributed by atoms with Gasteiger partial charge in [0.15, 0.2) is 0 Å². The Labute approximate surface area is 188 Å². The van der Waals surface area contributed by atoms with Gasteiger partial charge in [-0.15, -0.1) is 0 Å². The molecule has 0 spiro atoms. The van der Waals surface area contributed by atoms with Crippen LogP contribution in [-0.2, 0) is 15.7 Å². The molecule has 0 radical (unpaired) electrons. The summed E-state index contributed by atoms with van der Waals surface area (Å²) in [4.78, 5) is 38.1. The summed E-state index contributed by atoms with van der Waals surface area (Å²) in [5.74, 6) is -2.59. The van der Waals surface area contributed by atoms with Crippen LogP contribution in [0.1, 0.15) is 51.8 Å². The van der Waals surface area contributed by atoms with Crippen LogP contribution in [0.5, 0.6) is 0 Å². The number of halogens is 4. The van der Waals surface area contributed by atoms with Gasteiger partial charge in [-0.2, -0.15) is 18.1 Å². The predicted molar refractivity (Wildman–Crippen MR) is 110 cm³/mol. The van der Waals surface area contributed by atoms with Crippen molar-refractivity contribution in [3.8, 4) is 0 Å². The lowest BCUT2D eigenvalue weighted by molar-refractivity contribution is -0.140. The van der Waals surface area contributed by atoms with Gasteiger partial charge in [0, 0.05) is 24.6 Å². The van der Waals surface area contributed by atoms with Gasteiger partial charge in [-0.05, 0) is 52.5 Å². The number of rotatable bonds is 5. The quantitative estimate of drug-likeness (QED) is 0.498. The molecule has 1 aliphatic heterocycles. The molecule has 33 heavy (non-hydrogen) atoms. The number of likely N-dealkylation sites (tertiary alicyclic amines) is 1. The fourth-order valence-electron chi connectivity index (χ4n) is 4.42. The van der Waals surface area contributed by atoms with Gasteiger partial charge in [0.25, 0.3) is 0 Å². The maximum atomic E-state index is 14.6. The molecule has 3 rings (SSSR count). The second-order valence-corrected chi connectivity index (χ2v) is 10.2. The molecular formula is C22H27F4N3O4. The molecule has 2 amide bonds. The van der Waals surface area contributed by atoms with Crippen LogP contribution in [0.25, 0.3) is 0 Å². The van der Waals surface area contributed by atoms with Crippen LogP contribution in [0, 0.1) is 28.5 Å². The summed E-state index contributed by atoms with van der Waals surface area (Å²) >= 11 is 0. The summed E-state index contributed by atoms with van der Waals surface area (Å²) in [6, 6.07) is 1.04. The lowest BCUT2D eigenvalue weighted by Crippen LogP contribution is -2.49. The van der Waals surface area contributed by atoms with E-state index in [4.69, 9.17) is 4.74 Å². The van der Waals surface area contributed by atoms with Crippen molar-refractivity contribution in [2.45, 2.75) is 58.0 Å². The molecule has 0 aromatic heterocycles.